The van der Waals surface area contributed by atoms with Crippen LogP contribution in [0.5, 0.6) is 0 Å². The van der Waals surface area contributed by atoms with Gasteiger partial charge in [0, 0.05) is 50.5 Å². The number of nitrogens with zero attached hydrogens (tertiary/aromatic N) is 4. The van der Waals surface area contributed by atoms with E-state index < -0.39 is 0 Å². The summed E-state index contributed by atoms with van der Waals surface area (Å²) in [6.07, 6.45) is 8.83. The molecule has 178 valence electrons. The summed E-state index contributed by atoms with van der Waals surface area (Å²) in [6.45, 7) is 10.4. The Morgan fingerprint density at radius 3 is 2.88 bits per heavy atom. The van der Waals surface area contributed by atoms with Gasteiger partial charge in [-0.2, -0.15) is 0 Å². The van der Waals surface area contributed by atoms with Crippen LogP contribution in [0, 0.1) is 5.92 Å². The van der Waals surface area contributed by atoms with Crippen LogP contribution in [0.2, 0.25) is 0 Å². The summed E-state index contributed by atoms with van der Waals surface area (Å²) in [4.78, 5) is 25.9. The molecule has 0 aromatic carbocycles. The maximum absolute atomic E-state index is 11.7. The van der Waals surface area contributed by atoms with Crippen LogP contribution in [-0.4, -0.2) is 67.1 Å². The number of guanidine groups is 1. The Balaban J connectivity index is 1.60. The standard InChI is InChI=1S/C24H41N7O/c1-3-21-11-5-6-14-30(21)16-13-28-24(26-4-2)29-17-19-9-7-12-27-23(19)31-15-8-10-20(18-31)22(25)32/h7,9,12,20-21H,3-6,8,10-11,13-18H2,1-2H3,(H2,25,32)(H2,26,28,29). The highest BCUT2D eigenvalue weighted by Gasteiger charge is 2.26. The topological polar surface area (TPSA) is 98.9 Å². The smallest absolute Gasteiger partial charge is 0.222 e. The predicted molar refractivity (Wildman–Crippen MR) is 131 cm³/mol. The number of rotatable bonds is 9. The number of piperidine rings is 2. The number of pyridine rings is 1. The molecule has 0 spiro atoms. The molecule has 2 atom stereocenters. The molecular weight excluding hydrogens is 402 g/mol. The molecule has 3 rings (SSSR count). The van der Waals surface area contributed by atoms with E-state index in [9.17, 15) is 4.79 Å². The molecular formula is C24H41N7O. The molecule has 2 aliphatic rings. The van der Waals surface area contributed by atoms with E-state index >= 15 is 0 Å². The number of carbonyl (C=O) groups excluding carboxylic acids is 1. The first-order valence-corrected chi connectivity index (χ1v) is 12.4. The van der Waals surface area contributed by atoms with Gasteiger partial charge in [-0.25, -0.2) is 9.98 Å². The fraction of sp³-hybridized carbons (Fsp3) is 0.708. The Hall–Kier alpha value is -2.35. The average Bonchev–Trinajstić information content (AvgIpc) is 2.83. The highest BCUT2D eigenvalue weighted by Crippen LogP contribution is 2.25. The molecule has 0 aliphatic carbocycles. The number of likely N-dealkylation sites (tertiary alicyclic amines) is 1. The van der Waals surface area contributed by atoms with Crippen molar-refractivity contribution >= 4 is 17.7 Å². The molecule has 32 heavy (non-hydrogen) atoms. The SMILES string of the molecule is CCNC(=NCc1cccnc1N1CCCC(C(N)=O)C1)NCCN1CCCCC1CC. The lowest BCUT2D eigenvalue weighted by atomic mass is 9.97. The third kappa shape index (κ3) is 6.82. The van der Waals surface area contributed by atoms with Gasteiger partial charge in [-0.1, -0.05) is 19.4 Å². The second-order valence-corrected chi connectivity index (χ2v) is 8.89. The van der Waals surface area contributed by atoms with Crippen molar-refractivity contribution in [1.82, 2.24) is 20.5 Å². The molecule has 2 unspecified atom stereocenters. The molecule has 1 aromatic heterocycles. The summed E-state index contributed by atoms with van der Waals surface area (Å²) in [5.41, 5.74) is 6.63. The van der Waals surface area contributed by atoms with Crippen molar-refractivity contribution in [2.24, 2.45) is 16.6 Å². The molecule has 8 nitrogen and oxygen atoms in total. The number of hydrogen-bond acceptors (Lipinski definition) is 5. The van der Waals surface area contributed by atoms with E-state index in [1.54, 1.807) is 0 Å². The number of aliphatic imine (C=N–C) groups is 1. The first kappa shape index (κ1) is 24.3. The van der Waals surface area contributed by atoms with E-state index in [4.69, 9.17) is 10.7 Å². The number of aromatic nitrogens is 1. The van der Waals surface area contributed by atoms with Crippen LogP contribution in [0.15, 0.2) is 23.3 Å². The monoisotopic (exact) mass is 443 g/mol. The minimum absolute atomic E-state index is 0.108. The molecule has 2 fully saturated rings. The van der Waals surface area contributed by atoms with Gasteiger partial charge in [-0.15, -0.1) is 0 Å². The van der Waals surface area contributed by atoms with Gasteiger partial charge in [-0.3, -0.25) is 9.69 Å². The summed E-state index contributed by atoms with van der Waals surface area (Å²) in [6, 6.07) is 4.74. The second-order valence-electron chi connectivity index (χ2n) is 8.89. The first-order valence-electron chi connectivity index (χ1n) is 12.4. The van der Waals surface area contributed by atoms with E-state index in [0.717, 1.165) is 62.4 Å². The lowest BCUT2D eigenvalue weighted by molar-refractivity contribution is -0.122. The average molecular weight is 444 g/mol. The second kappa shape index (κ2) is 12.6. The molecule has 2 aliphatic heterocycles. The number of carbonyl (C=O) groups is 1. The molecule has 0 saturated carbocycles. The zero-order valence-corrected chi connectivity index (χ0v) is 19.9. The maximum atomic E-state index is 11.7. The van der Waals surface area contributed by atoms with Crippen molar-refractivity contribution in [2.45, 2.75) is 65.0 Å². The van der Waals surface area contributed by atoms with E-state index in [0.29, 0.717) is 13.1 Å². The van der Waals surface area contributed by atoms with Crippen LogP contribution < -0.4 is 21.3 Å². The Morgan fingerprint density at radius 2 is 2.09 bits per heavy atom. The Kier molecular flexibility index (Phi) is 9.59. The predicted octanol–water partition coefficient (Wildman–Crippen LogP) is 2.10. The zero-order chi connectivity index (χ0) is 22.8. The largest absolute Gasteiger partial charge is 0.369 e. The number of hydrogen-bond donors (Lipinski definition) is 3. The molecule has 1 amide bonds. The molecule has 3 heterocycles. The minimum atomic E-state index is -0.220. The summed E-state index contributed by atoms with van der Waals surface area (Å²) in [5, 5.41) is 6.87. The molecule has 1 aromatic rings. The van der Waals surface area contributed by atoms with Crippen LogP contribution in [0.4, 0.5) is 5.82 Å². The van der Waals surface area contributed by atoms with Gasteiger partial charge in [0.2, 0.25) is 5.91 Å². The molecule has 0 radical (unpaired) electrons. The molecule has 8 heteroatoms. The molecule has 2 saturated heterocycles. The van der Waals surface area contributed by atoms with Crippen molar-refractivity contribution < 1.29 is 4.79 Å². The van der Waals surface area contributed by atoms with E-state index in [1.165, 1.54) is 32.2 Å². The van der Waals surface area contributed by atoms with Crippen LogP contribution in [-0.2, 0) is 11.3 Å². The van der Waals surface area contributed by atoms with Crippen LogP contribution in [0.1, 0.15) is 57.9 Å². The van der Waals surface area contributed by atoms with Gasteiger partial charge in [0.1, 0.15) is 5.82 Å². The third-order valence-electron chi connectivity index (χ3n) is 6.65. The highest BCUT2D eigenvalue weighted by atomic mass is 16.1. The van der Waals surface area contributed by atoms with Gasteiger partial charge in [0.05, 0.1) is 12.5 Å². The first-order chi connectivity index (χ1) is 15.6. The van der Waals surface area contributed by atoms with Crippen molar-refractivity contribution in [1.29, 1.82) is 0 Å². The van der Waals surface area contributed by atoms with Crippen molar-refractivity contribution in [3.8, 4) is 0 Å². The van der Waals surface area contributed by atoms with Gasteiger partial charge in [-0.05, 0) is 51.6 Å². The molecule has 0 bridgehead atoms. The van der Waals surface area contributed by atoms with Gasteiger partial charge in [0.15, 0.2) is 5.96 Å². The number of nitrogens with two attached hydrogens (primary N) is 1. The quantitative estimate of drug-likeness (QED) is 0.399. The van der Waals surface area contributed by atoms with Gasteiger partial charge >= 0.3 is 0 Å². The number of primary amides is 1. The van der Waals surface area contributed by atoms with Gasteiger partial charge < -0.3 is 21.3 Å². The maximum Gasteiger partial charge on any atom is 0.222 e. The third-order valence-corrected chi connectivity index (χ3v) is 6.65. The summed E-state index contributed by atoms with van der Waals surface area (Å²) in [7, 11) is 0. The van der Waals surface area contributed by atoms with Crippen LogP contribution >= 0.6 is 0 Å². The highest BCUT2D eigenvalue weighted by molar-refractivity contribution is 5.80. The zero-order valence-electron chi connectivity index (χ0n) is 19.9. The summed E-state index contributed by atoms with van der Waals surface area (Å²) < 4.78 is 0. The molecule has 4 N–H and O–H groups in total. The fourth-order valence-corrected chi connectivity index (χ4v) is 4.88. The number of anilines is 1. The van der Waals surface area contributed by atoms with Gasteiger partial charge in [0.25, 0.3) is 0 Å². The fourth-order valence-electron chi connectivity index (χ4n) is 4.88. The Labute approximate surface area is 193 Å². The summed E-state index contributed by atoms with van der Waals surface area (Å²) in [5.74, 6) is 1.42. The minimum Gasteiger partial charge on any atom is -0.369 e. The lowest BCUT2D eigenvalue weighted by Gasteiger charge is -2.35. The van der Waals surface area contributed by atoms with Crippen molar-refractivity contribution in [3.05, 3.63) is 23.9 Å². The van der Waals surface area contributed by atoms with Crippen molar-refractivity contribution in [3.63, 3.8) is 0 Å². The van der Waals surface area contributed by atoms with Crippen LogP contribution in [0.25, 0.3) is 0 Å². The van der Waals surface area contributed by atoms with E-state index in [1.807, 2.05) is 12.3 Å². The lowest BCUT2D eigenvalue weighted by Crippen LogP contribution is -2.46. The summed E-state index contributed by atoms with van der Waals surface area (Å²) >= 11 is 0. The van der Waals surface area contributed by atoms with Crippen LogP contribution in [0.3, 0.4) is 0 Å². The van der Waals surface area contributed by atoms with Crippen molar-refractivity contribution in [2.75, 3.05) is 44.2 Å². The normalized spacial score (nSPS) is 22.6. The number of amides is 1. The Bertz CT molecular complexity index is 754. The van der Waals surface area contributed by atoms with E-state index in [2.05, 4.69) is 45.3 Å². The van der Waals surface area contributed by atoms with E-state index in [-0.39, 0.29) is 11.8 Å². The number of nitrogens with one attached hydrogen (secondary N) is 2. The Morgan fingerprint density at radius 1 is 1.22 bits per heavy atom.